The molecule has 16 heavy (non-hydrogen) atoms. The Morgan fingerprint density at radius 1 is 1.44 bits per heavy atom. The van der Waals surface area contributed by atoms with Gasteiger partial charge in [0.05, 0.1) is 18.6 Å². The lowest BCUT2D eigenvalue weighted by molar-refractivity contribution is 0.0575. The quantitative estimate of drug-likeness (QED) is 0.850. The third-order valence-electron chi connectivity index (χ3n) is 3.95. The summed E-state index contributed by atoms with van der Waals surface area (Å²) in [6.45, 7) is 4.65. The number of aliphatic hydroxyl groups is 1. The fraction of sp³-hybridized carbons (Fsp3) is 0.714. The first-order valence-electron chi connectivity index (χ1n) is 6.26. The van der Waals surface area contributed by atoms with Crippen LogP contribution in [0.4, 0.5) is 0 Å². The minimum Gasteiger partial charge on any atom is -0.472 e. The number of aliphatic hydroxyl groups excluding tert-OH is 1. The highest BCUT2D eigenvalue weighted by molar-refractivity contribution is 5.07. The van der Waals surface area contributed by atoms with Crippen molar-refractivity contribution in [1.82, 2.24) is 0 Å². The molecule has 0 amide bonds. The number of hydrogen-bond donors (Lipinski definition) is 1. The second kappa shape index (κ2) is 4.62. The zero-order valence-corrected chi connectivity index (χ0v) is 10.3. The van der Waals surface area contributed by atoms with Crippen LogP contribution in [0.2, 0.25) is 0 Å². The molecule has 0 radical (unpaired) electrons. The molecule has 2 nitrogen and oxygen atoms in total. The molecule has 1 saturated carbocycles. The molecule has 2 heteroatoms. The van der Waals surface area contributed by atoms with E-state index in [1.165, 1.54) is 12.8 Å². The fourth-order valence-corrected chi connectivity index (χ4v) is 2.62. The van der Waals surface area contributed by atoms with Crippen molar-refractivity contribution >= 4 is 0 Å². The highest BCUT2D eigenvalue weighted by atomic mass is 16.3. The number of hydrogen-bond acceptors (Lipinski definition) is 2. The Hall–Kier alpha value is -0.760. The van der Waals surface area contributed by atoms with Crippen molar-refractivity contribution < 1.29 is 9.52 Å². The Labute approximate surface area is 97.7 Å². The van der Waals surface area contributed by atoms with E-state index < -0.39 is 0 Å². The van der Waals surface area contributed by atoms with Crippen LogP contribution in [0.3, 0.4) is 0 Å². The third-order valence-corrected chi connectivity index (χ3v) is 3.95. The van der Waals surface area contributed by atoms with Crippen LogP contribution in [0.5, 0.6) is 0 Å². The van der Waals surface area contributed by atoms with Gasteiger partial charge in [0.2, 0.25) is 0 Å². The molecule has 0 saturated heterocycles. The summed E-state index contributed by atoms with van der Waals surface area (Å²) in [5.74, 6) is 0.475. The molecule has 90 valence electrons. The molecular weight excluding hydrogens is 200 g/mol. The van der Waals surface area contributed by atoms with E-state index in [9.17, 15) is 5.11 Å². The molecule has 1 N–H and O–H groups in total. The standard InChI is InChI=1S/C14H22O2/c1-14(2)6-3-12(4-7-14)13(15)9-11-5-8-16-10-11/h5,8,10,12-13,15H,3-4,6-7,9H2,1-2H3. The van der Waals surface area contributed by atoms with Crippen molar-refractivity contribution in [3.63, 3.8) is 0 Å². The van der Waals surface area contributed by atoms with E-state index in [2.05, 4.69) is 13.8 Å². The smallest absolute Gasteiger partial charge is 0.0935 e. The van der Waals surface area contributed by atoms with Gasteiger partial charge in [0.1, 0.15) is 0 Å². The van der Waals surface area contributed by atoms with Crippen molar-refractivity contribution in [3.8, 4) is 0 Å². The molecule has 0 bridgehead atoms. The largest absolute Gasteiger partial charge is 0.472 e. The van der Waals surface area contributed by atoms with Gasteiger partial charge in [0.15, 0.2) is 0 Å². The summed E-state index contributed by atoms with van der Waals surface area (Å²) in [7, 11) is 0. The van der Waals surface area contributed by atoms with E-state index in [4.69, 9.17) is 4.42 Å². The summed E-state index contributed by atoms with van der Waals surface area (Å²) < 4.78 is 5.02. The van der Waals surface area contributed by atoms with Crippen molar-refractivity contribution in [2.45, 2.75) is 52.1 Å². The van der Waals surface area contributed by atoms with Crippen LogP contribution in [-0.2, 0) is 6.42 Å². The summed E-state index contributed by atoms with van der Waals surface area (Å²) >= 11 is 0. The summed E-state index contributed by atoms with van der Waals surface area (Å²) in [5.41, 5.74) is 1.59. The van der Waals surface area contributed by atoms with Crippen molar-refractivity contribution in [1.29, 1.82) is 0 Å². The molecule has 0 spiro atoms. The molecule has 1 fully saturated rings. The SMILES string of the molecule is CC1(C)CCC(C(O)Cc2ccoc2)CC1. The second-order valence-corrected chi connectivity index (χ2v) is 5.90. The highest BCUT2D eigenvalue weighted by Gasteiger charge is 2.30. The molecule has 0 aliphatic heterocycles. The molecule has 1 heterocycles. The average Bonchev–Trinajstić information content (AvgIpc) is 2.70. The predicted molar refractivity (Wildman–Crippen MR) is 64.2 cm³/mol. The summed E-state index contributed by atoms with van der Waals surface area (Å²) in [6, 6.07) is 1.94. The molecule has 1 aromatic heterocycles. The molecule has 1 aromatic rings. The van der Waals surface area contributed by atoms with Crippen LogP contribution in [0, 0.1) is 11.3 Å². The van der Waals surface area contributed by atoms with Crippen LogP contribution in [0.15, 0.2) is 23.0 Å². The Bertz CT molecular complexity index is 303. The molecular formula is C14H22O2. The lowest BCUT2D eigenvalue weighted by Gasteiger charge is -2.36. The maximum absolute atomic E-state index is 10.2. The summed E-state index contributed by atoms with van der Waals surface area (Å²) in [4.78, 5) is 0. The molecule has 2 rings (SSSR count). The monoisotopic (exact) mass is 222 g/mol. The topological polar surface area (TPSA) is 33.4 Å². The van der Waals surface area contributed by atoms with Gasteiger partial charge in [-0.05, 0) is 48.6 Å². The van der Waals surface area contributed by atoms with Crippen LogP contribution >= 0.6 is 0 Å². The Kier molecular flexibility index (Phi) is 3.38. The Balaban J connectivity index is 1.85. The van der Waals surface area contributed by atoms with Gasteiger partial charge in [-0.25, -0.2) is 0 Å². The lowest BCUT2D eigenvalue weighted by Crippen LogP contribution is -2.30. The van der Waals surface area contributed by atoms with E-state index in [0.717, 1.165) is 24.8 Å². The predicted octanol–water partition coefficient (Wildman–Crippen LogP) is 3.40. The van der Waals surface area contributed by atoms with Gasteiger partial charge in [-0.3, -0.25) is 0 Å². The van der Waals surface area contributed by atoms with Gasteiger partial charge >= 0.3 is 0 Å². The van der Waals surface area contributed by atoms with Crippen molar-refractivity contribution in [2.24, 2.45) is 11.3 Å². The molecule has 1 unspecified atom stereocenters. The first kappa shape index (κ1) is 11.7. The third kappa shape index (κ3) is 2.88. The molecule has 0 aromatic carbocycles. The zero-order chi connectivity index (χ0) is 11.6. The van der Waals surface area contributed by atoms with Gasteiger partial charge in [0, 0.05) is 6.42 Å². The van der Waals surface area contributed by atoms with E-state index in [1.807, 2.05) is 6.07 Å². The minimum absolute atomic E-state index is 0.200. The van der Waals surface area contributed by atoms with Gasteiger partial charge in [-0.2, -0.15) is 0 Å². The van der Waals surface area contributed by atoms with Crippen LogP contribution < -0.4 is 0 Å². The minimum atomic E-state index is -0.200. The van der Waals surface area contributed by atoms with E-state index in [-0.39, 0.29) is 6.10 Å². The molecule has 1 aliphatic rings. The summed E-state index contributed by atoms with van der Waals surface area (Å²) in [6.07, 6.45) is 8.73. The Morgan fingerprint density at radius 3 is 2.69 bits per heavy atom. The highest BCUT2D eigenvalue weighted by Crippen LogP contribution is 2.39. The van der Waals surface area contributed by atoms with Gasteiger partial charge in [0.25, 0.3) is 0 Å². The van der Waals surface area contributed by atoms with Crippen molar-refractivity contribution in [2.75, 3.05) is 0 Å². The first-order chi connectivity index (χ1) is 7.57. The van der Waals surface area contributed by atoms with Crippen LogP contribution in [-0.4, -0.2) is 11.2 Å². The normalized spacial score (nSPS) is 23.2. The van der Waals surface area contributed by atoms with E-state index in [1.54, 1.807) is 12.5 Å². The van der Waals surface area contributed by atoms with E-state index in [0.29, 0.717) is 11.3 Å². The fourth-order valence-electron chi connectivity index (χ4n) is 2.62. The number of rotatable bonds is 3. The summed E-state index contributed by atoms with van der Waals surface area (Å²) in [5, 5.41) is 10.2. The maximum Gasteiger partial charge on any atom is 0.0935 e. The van der Waals surface area contributed by atoms with Crippen molar-refractivity contribution in [3.05, 3.63) is 24.2 Å². The molecule has 1 atom stereocenters. The average molecular weight is 222 g/mol. The van der Waals surface area contributed by atoms with Crippen LogP contribution in [0.25, 0.3) is 0 Å². The van der Waals surface area contributed by atoms with E-state index >= 15 is 0 Å². The van der Waals surface area contributed by atoms with Crippen LogP contribution in [0.1, 0.15) is 45.1 Å². The maximum atomic E-state index is 10.2. The van der Waals surface area contributed by atoms with Gasteiger partial charge in [-0.1, -0.05) is 13.8 Å². The zero-order valence-electron chi connectivity index (χ0n) is 10.3. The lowest BCUT2D eigenvalue weighted by atomic mass is 9.71. The second-order valence-electron chi connectivity index (χ2n) is 5.90. The van der Waals surface area contributed by atoms with Gasteiger partial charge in [-0.15, -0.1) is 0 Å². The Morgan fingerprint density at radius 2 is 2.12 bits per heavy atom. The number of furan rings is 1. The first-order valence-corrected chi connectivity index (χ1v) is 6.26. The molecule has 1 aliphatic carbocycles. The van der Waals surface area contributed by atoms with Gasteiger partial charge < -0.3 is 9.52 Å².